The van der Waals surface area contributed by atoms with Crippen molar-refractivity contribution in [2.45, 2.75) is 5.41 Å². The first kappa shape index (κ1) is 18.3. The summed E-state index contributed by atoms with van der Waals surface area (Å²) in [5.41, 5.74) is 26.6. The third-order valence-electron chi connectivity index (χ3n) is 7.37. The van der Waals surface area contributed by atoms with Crippen molar-refractivity contribution in [2.24, 2.45) is 0 Å². The van der Waals surface area contributed by atoms with Gasteiger partial charge in [0, 0.05) is 16.9 Å². The van der Waals surface area contributed by atoms with Crippen LogP contribution in [0.25, 0.3) is 33.4 Å². The van der Waals surface area contributed by atoms with E-state index >= 15 is 0 Å². The van der Waals surface area contributed by atoms with E-state index in [4.69, 9.17) is 11.5 Å². The van der Waals surface area contributed by atoms with E-state index in [-0.39, 0.29) is 0 Å². The van der Waals surface area contributed by atoms with Gasteiger partial charge in [0.1, 0.15) is 0 Å². The van der Waals surface area contributed by atoms with Crippen molar-refractivity contribution < 1.29 is 0 Å². The average molecular weight is 423 g/mol. The minimum absolute atomic E-state index is 0.464. The molecule has 2 aliphatic rings. The highest BCUT2D eigenvalue weighted by atomic mass is 14.6. The molecule has 0 amide bonds. The summed E-state index contributed by atoms with van der Waals surface area (Å²) in [6.07, 6.45) is 0. The van der Waals surface area contributed by atoms with Crippen molar-refractivity contribution >= 4 is 11.4 Å². The summed E-state index contributed by atoms with van der Waals surface area (Å²) in [5.74, 6) is 0. The molecule has 1 unspecified atom stereocenters. The number of benzene rings is 5. The van der Waals surface area contributed by atoms with Crippen molar-refractivity contribution in [3.63, 3.8) is 0 Å². The third-order valence-corrected chi connectivity index (χ3v) is 7.37. The fourth-order valence-corrected chi connectivity index (χ4v) is 6.18. The Kier molecular flexibility index (Phi) is 3.53. The molecule has 1 atom stereocenters. The first-order valence-electron chi connectivity index (χ1n) is 11.3. The van der Waals surface area contributed by atoms with E-state index in [1.54, 1.807) is 0 Å². The van der Waals surface area contributed by atoms with E-state index in [2.05, 4.69) is 97.1 Å². The molecule has 0 saturated heterocycles. The minimum Gasteiger partial charge on any atom is -0.399 e. The van der Waals surface area contributed by atoms with Gasteiger partial charge in [-0.3, -0.25) is 0 Å². The largest absolute Gasteiger partial charge is 0.399 e. The lowest BCUT2D eigenvalue weighted by Crippen LogP contribution is -2.27. The first-order chi connectivity index (χ1) is 16.2. The molecule has 1 spiro atoms. The molecule has 7 rings (SSSR count). The Morgan fingerprint density at radius 2 is 1.06 bits per heavy atom. The van der Waals surface area contributed by atoms with E-state index < -0.39 is 5.41 Å². The zero-order chi connectivity index (χ0) is 22.2. The van der Waals surface area contributed by atoms with Gasteiger partial charge in [-0.05, 0) is 68.3 Å². The Hall–Kier alpha value is -4.30. The monoisotopic (exact) mass is 422 g/mol. The molecule has 4 N–H and O–H groups in total. The maximum absolute atomic E-state index is 6.76. The number of nitrogen functional groups attached to an aromatic ring is 2. The standard InChI is InChI=1S/C31H22N2/c32-20-14-15-23-21-10-4-6-12-25(21)31(27(23)18-20)26-13-7-5-11-22(26)24-16-17-28(33)29(30(24)31)19-8-2-1-3-9-19/h1-18H,32-33H2. The highest BCUT2D eigenvalue weighted by Crippen LogP contribution is 2.65. The maximum Gasteiger partial charge on any atom is 0.0733 e. The summed E-state index contributed by atoms with van der Waals surface area (Å²) in [5, 5.41) is 0. The van der Waals surface area contributed by atoms with Crippen LogP contribution < -0.4 is 11.5 Å². The Morgan fingerprint density at radius 1 is 0.485 bits per heavy atom. The van der Waals surface area contributed by atoms with E-state index in [1.165, 1.54) is 44.5 Å². The highest BCUT2D eigenvalue weighted by molar-refractivity contribution is 6.01. The summed E-state index contributed by atoms with van der Waals surface area (Å²) in [6.45, 7) is 0. The molecule has 5 aromatic rings. The predicted molar refractivity (Wildman–Crippen MR) is 137 cm³/mol. The van der Waals surface area contributed by atoms with Gasteiger partial charge >= 0.3 is 0 Å². The van der Waals surface area contributed by atoms with Crippen LogP contribution in [-0.4, -0.2) is 0 Å². The lowest BCUT2D eigenvalue weighted by molar-refractivity contribution is 0.796. The second-order valence-corrected chi connectivity index (χ2v) is 8.96. The van der Waals surface area contributed by atoms with Gasteiger partial charge in [0.05, 0.1) is 5.41 Å². The van der Waals surface area contributed by atoms with Crippen LogP contribution >= 0.6 is 0 Å². The summed E-state index contributed by atoms with van der Waals surface area (Å²) >= 11 is 0. The summed E-state index contributed by atoms with van der Waals surface area (Å²) in [6, 6.07) is 38.7. The Bertz CT molecular complexity index is 1570. The SMILES string of the molecule is Nc1ccc2c(c1)C1(c3ccccc3-2)c2ccccc2-c2ccc(N)c(-c3ccccc3)c21. The summed E-state index contributed by atoms with van der Waals surface area (Å²) in [4.78, 5) is 0. The molecule has 33 heavy (non-hydrogen) atoms. The van der Waals surface area contributed by atoms with Crippen molar-refractivity contribution in [2.75, 3.05) is 11.5 Å². The van der Waals surface area contributed by atoms with Crippen LogP contribution in [0.3, 0.4) is 0 Å². The molecule has 2 aliphatic carbocycles. The van der Waals surface area contributed by atoms with Crippen LogP contribution in [0.5, 0.6) is 0 Å². The van der Waals surface area contributed by atoms with Crippen LogP contribution in [0.1, 0.15) is 22.3 Å². The fourth-order valence-electron chi connectivity index (χ4n) is 6.18. The van der Waals surface area contributed by atoms with E-state index in [0.717, 1.165) is 22.5 Å². The van der Waals surface area contributed by atoms with E-state index in [9.17, 15) is 0 Å². The summed E-state index contributed by atoms with van der Waals surface area (Å²) in [7, 11) is 0. The lowest BCUT2D eigenvalue weighted by Gasteiger charge is -2.32. The van der Waals surface area contributed by atoms with Gasteiger partial charge in [-0.2, -0.15) is 0 Å². The molecule has 2 nitrogen and oxygen atoms in total. The highest BCUT2D eigenvalue weighted by Gasteiger charge is 2.53. The van der Waals surface area contributed by atoms with E-state index in [0.29, 0.717) is 0 Å². The molecule has 2 heteroatoms. The molecule has 0 radical (unpaired) electrons. The number of fused-ring (bicyclic) bond motifs is 10. The van der Waals surface area contributed by atoms with Gasteiger partial charge < -0.3 is 11.5 Å². The molecule has 5 aromatic carbocycles. The van der Waals surface area contributed by atoms with Crippen molar-refractivity contribution in [1.29, 1.82) is 0 Å². The quantitative estimate of drug-likeness (QED) is 0.284. The average Bonchev–Trinajstić information content (AvgIpc) is 3.31. The van der Waals surface area contributed by atoms with Crippen LogP contribution in [0.4, 0.5) is 11.4 Å². The second kappa shape index (κ2) is 6.36. The fraction of sp³-hybridized carbons (Fsp3) is 0.0323. The maximum atomic E-state index is 6.76. The number of hydrogen-bond donors (Lipinski definition) is 2. The first-order valence-corrected chi connectivity index (χ1v) is 11.3. The zero-order valence-electron chi connectivity index (χ0n) is 18.0. The molecular formula is C31H22N2. The number of rotatable bonds is 1. The van der Waals surface area contributed by atoms with Crippen LogP contribution in [-0.2, 0) is 5.41 Å². The lowest BCUT2D eigenvalue weighted by atomic mass is 9.68. The Balaban J connectivity index is 1.74. The van der Waals surface area contributed by atoms with E-state index in [1.807, 2.05) is 12.1 Å². The van der Waals surface area contributed by atoms with Crippen molar-refractivity contribution in [3.8, 4) is 33.4 Å². The Morgan fingerprint density at radius 3 is 1.79 bits per heavy atom. The smallest absolute Gasteiger partial charge is 0.0733 e. The molecule has 156 valence electrons. The van der Waals surface area contributed by atoms with Gasteiger partial charge in [0.25, 0.3) is 0 Å². The summed E-state index contributed by atoms with van der Waals surface area (Å²) < 4.78 is 0. The van der Waals surface area contributed by atoms with Gasteiger partial charge in [0.15, 0.2) is 0 Å². The molecule has 0 saturated carbocycles. The number of hydrogen-bond acceptors (Lipinski definition) is 2. The zero-order valence-corrected chi connectivity index (χ0v) is 18.0. The number of nitrogens with two attached hydrogens (primary N) is 2. The molecular weight excluding hydrogens is 400 g/mol. The second-order valence-electron chi connectivity index (χ2n) is 8.96. The third kappa shape index (κ3) is 2.18. The van der Waals surface area contributed by atoms with Gasteiger partial charge in [-0.15, -0.1) is 0 Å². The van der Waals surface area contributed by atoms with Crippen molar-refractivity contribution in [3.05, 3.63) is 131 Å². The molecule has 0 bridgehead atoms. The molecule has 0 aliphatic heterocycles. The van der Waals surface area contributed by atoms with Gasteiger partial charge in [-0.1, -0.05) is 91.0 Å². The van der Waals surface area contributed by atoms with Crippen LogP contribution in [0, 0.1) is 0 Å². The number of anilines is 2. The molecule has 0 fully saturated rings. The van der Waals surface area contributed by atoms with Crippen LogP contribution in [0.15, 0.2) is 109 Å². The minimum atomic E-state index is -0.464. The van der Waals surface area contributed by atoms with Crippen LogP contribution in [0.2, 0.25) is 0 Å². The van der Waals surface area contributed by atoms with Gasteiger partial charge in [0.2, 0.25) is 0 Å². The Labute approximate surface area is 193 Å². The topological polar surface area (TPSA) is 52.0 Å². The van der Waals surface area contributed by atoms with Crippen molar-refractivity contribution in [1.82, 2.24) is 0 Å². The van der Waals surface area contributed by atoms with Gasteiger partial charge in [-0.25, -0.2) is 0 Å². The normalized spacial score (nSPS) is 16.8. The molecule has 0 aromatic heterocycles. The predicted octanol–water partition coefficient (Wildman–Crippen LogP) is 6.86. The molecule has 0 heterocycles.